The Morgan fingerprint density at radius 1 is 0.610 bits per heavy atom. The van der Waals surface area contributed by atoms with Crippen LogP contribution in [-0.2, 0) is 10.8 Å². The third-order valence-corrected chi connectivity index (χ3v) is 14.3. The van der Waals surface area contributed by atoms with Crippen molar-refractivity contribution >= 4 is 73.1 Å². The number of fused-ring (bicyclic) bond motifs is 8. The molecule has 2 aromatic heterocycles. The lowest BCUT2D eigenvalue weighted by Gasteiger charge is -2.42. The molecule has 59 heavy (non-hydrogen) atoms. The van der Waals surface area contributed by atoms with Gasteiger partial charge in [-0.25, -0.2) is 15.0 Å². The molecule has 0 N–H and O–H groups in total. The van der Waals surface area contributed by atoms with Gasteiger partial charge in [-0.1, -0.05) is 138 Å². The Hall–Kier alpha value is -6.37. The van der Waals surface area contributed by atoms with Crippen molar-refractivity contribution in [3.63, 3.8) is 0 Å². The van der Waals surface area contributed by atoms with E-state index in [2.05, 4.69) is 173 Å². The minimum Gasteiger partial charge on any atom is -0.311 e. The first-order chi connectivity index (χ1) is 28.6. The van der Waals surface area contributed by atoms with E-state index in [1.54, 1.807) is 0 Å². The van der Waals surface area contributed by atoms with Gasteiger partial charge in [-0.05, 0) is 115 Å². The topological polar surface area (TPSA) is 41.9 Å². The van der Waals surface area contributed by atoms with Crippen molar-refractivity contribution in [2.75, 3.05) is 4.90 Å². The van der Waals surface area contributed by atoms with Gasteiger partial charge in [0.05, 0.1) is 0 Å². The zero-order chi connectivity index (χ0) is 40.2. The average molecular weight is 779 g/mol. The third kappa shape index (κ3) is 5.53. The van der Waals surface area contributed by atoms with Crippen LogP contribution in [0, 0.1) is 0 Å². The fourth-order valence-corrected chi connectivity index (χ4v) is 11.1. The van der Waals surface area contributed by atoms with Gasteiger partial charge in [-0.15, -0.1) is 11.3 Å². The van der Waals surface area contributed by atoms with Gasteiger partial charge in [-0.2, -0.15) is 0 Å². The van der Waals surface area contributed by atoms with Gasteiger partial charge in [0.1, 0.15) is 0 Å². The van der Waals surface area contributed by atoms with Crippen LogP contribution in [0.1, 0.15) is 62.8 Å². The number of benzene rings is 6. The average Bonchev–Trinajstić information content (AvgIpc) is 3.80. The van der Waals surface area contributed by atoms with E-state index in [9.17, 15) is 0 Å². The minimum atomic E-state index is 0.0950. The molecule has 3 aliphatic rings. The molecule has 0 unspecified atom stereocenters. The molecule has 0 radical (unpaired) electrons. The number of aromatic nitrogens is 3. The Balaban J connectivity index is 1.21. The summed E-state index contributed by atoms with van der Waals surface area (Å²) < 4.78 is 2.80. The molecule has 284 valence electrons. The Morgan fingerprint density at radius 2 is 1.17 bits per heavy atom. The standard InChI is InChI=1S/C53H43BN4S/c1-7-32-18-22-34(23-19-32)49-55-50(35-24-20-33(8-2)21-25-35)57-51(56-49)36-28-39-46-38-30-40-41(53(5,6)27-26-52(40,3)4)31-45(38)59-48(46)54-42-16-12-13-17-43(42)58(44(29-36)47(39)54)37-14-10-9-11-15-37/h7-25,28-31H,1-2,26-27H2,3-6H3. The van der Waals surface area contributed by atoms with Crippen LogP contribution >= 0.6 is 11.3 Å². The van der Waals surface area contributed by atoms with Crippen LogP contribution < -0.4 is 20.6 Å². The number of hydrogen-bond acceptors (Lipinski definition) is 5. The van der Waals surface area contributed by atoms with E-state index in [0.29, 0.717) is 17.5 Å². The van der Waals surface area contributed by atoms with Gasteiger partial charge in [0, 0.05) is 43.8 Å². The van der Waals surface area contributed by atoms with Gasteiger partial charge in [0.25, 0.3) is 6.71 Å². The second kappa shape index (κ2) is 13.1. The van der Waals surface area contributed by atoms with E-state index in [4.69, 9.17) is 15.0 Å². The lowest BCUT2D eigenvalue weighted by Crippen LogP contribution is -2.54. The van der Waals surface area contributed by atoms with Crippen molar-refractivity contribution in [1.29, 1.82) is 0 Å². The minimum absolute atomic E-state index is 0.0950. The first-order valence-corrected chi connectivity index (χ1v) is 21.4. The summed E-state index contributed by atoms with van der Waals surface area (Å²) in [5, 5.41) is 1.36. The van der Waals surface area contributed by atoms with E-state index in [-0.39, 0.29) is 17.5 Å². The van der Waals surface area contributed by atoms with Gasteiger partial charge in [-0.3, -0.25) is 0 Å². The van der Waals surface area contributed by atoms with Crippen LogP contribution in [0.2, 0.25) is 0 Å². The molecule has 8 aromatic rings. The first kappa shape index (κ1) is 35.8. The maximum atomic E-state index is 5.29. The maximum absolute atomic E-state index is 5.29. The van der Waals surface area contributed by atoms with Crippen molar-refractivity contribution in [3.8, 4) is 45.3 Å². The molecule has 1 aliphatic carbocycles. The van der Waals surface area contributed by atoms with Crippen molar-refractivity contribution < 1.29 is 0 Å². The molecule has 0 atom stereocenters. The molecule has 0 spiro atoms. The third-order valence-electron chi connectivity index (χ3n) is 13.1. The van der Waals surface area contributed by atoms with E-state index in [0.717, 1.165) is 39.2 Å². The molecule has 4 nitrogen and oxygen atoms in total. The fraction of sp³-hybridized carbons (Fsp3) is 0.151. The summed E-state index contributed by atoms with van der Waals surface area (Å²) in [6.45, 7) is 17.8. The van der Waals surface area contributed by atoms with E-state index in [1.807, 2.05) is 23.5 Å². The summed E-state index contributed by atoms with van der Waals surface area (Å²) >= 11 is 1.99. The van der Waals surface area contributed by atoms with Crippen molar-refractivity contribution in [2.24, 2.45) is 0 Å². The van der Waals surface area contributed by atoms with Crippen molar-refractivity contribution in [3.05, 3.63) is 163 Å². The van der Waals surface area contributed by atoms with E-state index in [1.165, 1.54) is 66.6 Å². The number of hydrogen-bond donors (Lipinski definition) is 0. The predicted octanol–water partition coefficient (Wildman–Crippen LogP) is 12.0. The van der Waals surface area contributed by atoms with Crippen LogP contribution in [0.25, 0.3) is 67.5 Å². The van der Waals surface area contributed by atoms with Gasteiger partial charge in [0.2, 0.25) is 0 Å². The highest BCUT2D eigenvalue weighted by atomic mass is 32.1. The summed E-state index contributed by atoms with van der Waals surface area (Å²) in [5.41, 5.74) is 16.9. The first-order valence-electron chi connectivity index (χ1n) is 20.6. The predicted molar refractivity (Wildman–Crippen MR) is 252 cm³/mol. The highest BCUT2D eigenvalue weighted by Crippen LogP contribution is 2.51. The molecule has 0 bridgehead atoms. The molecule has 2 aliphatic heterocycles. The zero-order valence-electron chi connectivity index (χ0n) is 33.9. The second-order valence-electron chi connectivity index (χ2n) is 17.6. The normalized spacial score (nSPS) is 15.3. The molecular weight excluding hydrogens is 735 g/mol. The number of nitrogens with zero attached hydrogens (tertiary/aromatic N) is 4. The summed E-state index contributed by atoms with van der Waals surface area (Å²) in [7, 11) is 0. The molecule has 0 fully saturated rings. The Kier molecular flexibility index (Phi) is 7.93. The van der Waals surface area contributed by atoms with Gasteiger partial charge in [0.15, 0.2) is 17.5 Å². The van der Waals surface area contributed by atoms with E-state index < -0.39 is 0 Å². The summed E-state index contributed by atoms with van der Waals surface area (Å²) in [4.78, 5) is 18.1. The number of anilines is 3. The van der Waals surface area contributed by atoms with E-state index >= 15 is 0 Å². The molecule has 4 heterocycles. The van der Waals surface area contributed by atoms with Crippen LogP contribution in [0.4, 0.5) is 17.1 Å². The quantitative estimate of drug-likeness (QED) is 0.158. The Bertz CT molecular complexity index is 2960. The lowest BCUT2D eigenvalue weighted by atomic mass is 9.39. The number of thiophene rings is 1. The Morgan fingerprint density at radius 3 is 1.78 bits per heavy atom. The van der Waals surface area contributed by atoms with Crippen LogP contribution in [0.5, 0.6) is 0 Å². The summed E-state index contributed by atoms with van der Waals surface area (Å²) in [5.74, 6) is 1.90. The number of para-hydroxylation sites is 2. The van der Waals surface area contributed by atoms with Gasteiger partial charge < -0.3 is 4.90 Å². The largest absolute Gasteiger partial charge is 0.311 e. The molecule has 0 saturated carbocycles. The van der Waals surface area contributed by atoms with Crippen molar-refractivity contribution in [1.82, 2.24) is 15.0 Å². The number of rotatable bonds is 6. The molecular formula is C53H43BN4S. The van der Waals surface area contributed by atoms with Crippen LogP contribution in [-0.4, -0.2) is 21.7 Å². The van der Waals surface area contributed by atoms with Crippen molar-refractivity contribution in [2.45, 2.75) is 51.4 Å². The maximum Gasteiger partial charge on any atom is 0.260 e. The monoisotopic (exact) mass is 778 g/mol. The SMILES string of the molecule is C=Cc1ccc(-c2nc(-c3ccc(C=C)cc3)nc(-c3cc4c5c(c3)N(c3ccccc3)c3ccccc3B5c3sc5cc6c(cc5c3-4)C(C)(C)CCC6(C)C)n2)cc1. The highest BCUT2D eigenvalue weighted by molar-refractivity contribution is 7.34. The summed E-state index contributed by atoms with van der Waals surface area (Å²) in [6, 6.07) is 46.1. The van der Waals surface area contributed by atoms with Crippen LogP contribution in [0.15, 0.2) is 141 Å². The van der Waals surface area contributed by atoms with Crippen LogP contribution in [0.3, 0.4) is 0 Å². The Labute approximate surface area is 350 Å². The smallest absolute Gasteiger partial charge is 0.260 e. The molecule has 0 saturated heterocycles. The second-order valence-corrected chi connectivity index (χ2v) is 18.7. The molecule has 6 aromatic carbocycles. The molecule has 6 heteroatoms. The molecule has 0 amide bonds. The lowest BCUT2D eigenvalue weighted by molar-refractivity contribution is 0.332. The van der Waals surface area contributed by atoms with Gasteiger partial charge >= 0.3 is 0 Å². The zero-order valence-corrected chi connectivity index (χ0v) is 34.7. The highest BCUT2D eigenvalue weighted by Gasteiger charge is 2.46. The fourth-order valence-electron chi connectivity index (χ4n) is 9.77. The molecule has 11 rings (SSSR count). The summed E-state index contributed by atoms with van der Waals surface area (Å²) in [6.07, 6.45) is 6.08.